The monoisotopic (exact) mass is 394 g/mol. The summed E-state index contributed by atoms with van der Waals surface area (Å²) in [5.74, 6) is -1.48. The van der Waals surface area contributed by atoms with Gasteiger partial charge in [-0.25, -0.2) is 0 Å². The van der Waals surface area contributed by atoms with Gasteiger partial charge in [0.15, 0.2) is 0 Å². The van der Waals surface area contributed by atoms with Gasteiger partial charge in [-0.05, 0) is 31.5 Å². The van der Waals surface area contributed by atoms with Crippen molar-refractivity contribution in [3.63, 3.8) is 0 Å². The fraction of sp³-hybridized carbons (Fsp3) is 0.450. The van der Waals surface area contributed by atoms with Crippen LogP contribution in [0.4, 0.5) is 5.69 Å². The molecule has 3 amide bonds. The van der Waals surface area contributed by atoms with Gasteiger partial charge in [0.2, 0.25) is 5.91 Å². The number of nitrogens with one attached hydrogen (secondary N) is 1. The summed E-state index contributed by atoms with van der Waals surface area (Å²) >= 11 is 0. The molecule has 1 heterocycles. The fourth-order valence-corrected chi connectivity index (χ4v) is 2.63. The first kappa shape index (κ1) is 24.6. The Morgan fingerprint density at radius 3 is 2.34 bits per heavy atom. The number of phenolic OH excluding ortho intramolecular Hbond substituents is 1. The molecule has 1 aromatic rings. The van der Waals surface area contributed by atoms with Gasteiger partial charge in [0.05, 0.1) is 11.3 Å². The Bertz CT molecular complexity index is 836. The molecule has 1 aromatic carbocycles. The first-order chi connectivity index (χ1) is 13.1. The molecule has 0 fully saturated rings. The molecule has 9 heteroatoms. The number of rotatable bonds is 7. The normalized spacial score (nSPS) is 14.8. The number of imide groups is 1. The van der Waals surface area contributed by atoms with Crippen LogP contribution in [0.15, 0.2) is 29.6 Å². The smallest absolute Gasteiger partial charge is 0.649 e. The minimum absolute atomic E-state index is 0. The third-order valence-corrected chi connectivity index (χ3v) is 4.72. The number of carbonyl (C=O) groups is 3. The average molecular weight is 394 g/mol. The number of phenols is 1. The van der Waals surface area contributed by atoms with E-state index in [4.69, 9.17) is 0 Å². The largest absolute Gasteiger partial charge is 1.00 e. The molecule has 0 saturated heterocycles. The number of hydrogen-bond donors (Lipinski definition) is 2. The number of likely N-dealkylation sites (N-methyl/N-ethyl adjacent to an activating group) is 1. The first-order valence-corrected chi connectivity index (χ1v) is 9.22. The molecule has 1 atom stereocenters. The van der Waals surface area contributed by atoms with Gasteiger partial charge >= 0.3 is 18.9 Å². The summed E-state index contributed by atoms with van der Waals surface area (Å²) in [4.78, 5) is 40.0. The molecule has 0 aliphatic carbocycles. The maximum Gasteiger partial charge on any atom is 1.00 e. The van der Waals surface area contributed by atoms with Gasteiger partial charge in [-0.15, -0.1) is 0 Å². The Kier molecular flexibility index (Phi) is 8.36. The number of aromatic hydroxyl groups is 1. The molecule has 1 aliphatic rings. The van der Waals surface area contributed by atoms with E-state index in [1.165, 1.54) is 17.0 Å². The standard InChI is InChI=1S/C20H28N4O4.Li/c1-7-24-19(27)15(21-12(4)11(2)3)16(20(24)28)22-14-10-8-9-13(17(14)25)18(26)23(5)6;/h8-12H,7H2,1-6H3,(H3,21,22,25,26,27,28);/q;+1/p-1/t12-;/m0./s1. The SMILES string of the molecule is CCN1C(=O)C([N-]c2cccc(C(=O)N(C)C)c2O)=C(N[C@@H](C)C(C)C)C1=O.[Li+]. The molecule has 1 aliphatic heterocycles. The second-order valence-corrected chi connectivity index (χ2v) is 7.24. The van der Waals surface area contributed by atoms with E-state index in [1.807, 2.05) is 20.8 Å². The molecule has 2 N–H and O–H groups in total. The van der Waals surface area contributed by atoms with Crippen LogP contribution in [-0.2, 0) is 9.59 Å². The maximum atomic E-state index is 12.7. The third kappa shape index (κ3) is 4.95. The molecule has 0 radical (unpaired) electrons. The average Bonchev–Trinajstić information content (AvgIpc) is 2.85. The number of hydrogen-bond acceptors (Lipinski definition) is 5. The van der Waals surface area contributed by atoms with E-state index in [2.05, 4.69) is 10.6 Å². The van der Waals surface area contributed by atoms with Crippen molar-refractivity contribution in [1.29, 1.82) is 0 Å². The summed E-state index contributed by atoms with van der Waals surface area (Å²) in [5.41, 5.74) is 0.167. The Labute approximate surface area is 183 Å². The van der Waals surface area contributed by atoms with Crippen LogP contribution in [0.1, 0.15) is 38.1 Å². The Morgan fingerprint density at radius 1 is 1.21 bits per heavy atom. The number of benzene rings is 1. The van der Waals surface area contributed by atoms with E-state index in [0.717, 1.165) is 4.90 Å². The van der Waals surface area contributed by atoms with Gasteiger partial charge in [0.25, 0.3) is 11.8 Å². The Hall–Kier alpha value is -2.43. The van der Waals surface area contributed by atoms with E-state index < -0.39 is 11.8 Å². The van der Waals surface area contributed by atoms with E-state index in [0.29, 0.717) is 0 Å². The van der Waals surface area contributed by atoms with E-state index >= 15 is 0 Å². The van der Waals surface area contributed by atoms with Gasteiger partial charge in [0.1, 0.15) is 5.75 Å². The molecule has 0 spiro atoms. The van der Waals surface area contributed by atoms with Crippen molar-refractivity contribution in [3.05, 3.63) is 40.5 Å². The molecule has 0 unspecified atom stereocenters. The Balaban J connectivity index is 0.00000420. The van der Waals surface area contributed by atoms with Gasteiger partial charge in [0, 0.05) is 26.7 Å². The zero-order valence-corrected chi connectivity index (χ0v) is 18.1. The molecule has 29 heavy (non-hydrogen) atoms. The zero-order valence-electron chi connectivity index (χ0n) is 18.1. The van der Waals surface area contributed by atoms with Gasteiger partial charge in [-0.2, -0.15) is 0 Å². The number of amides is 3. The summed E-state index contributed by atoms with van der Waals surface area (Å²) in [5, 5.41) is 17.9. The van der Waals surface area contributed by atoms with Gasteiger partial charge in [-0.3, -0.25) is 19.3 Å². The summed E-state index contributed by atoms with van der Waals surface area (Å²) < 4.78 is 0. The third-order valence-electron chi connectivity index (χ3n) is 4.72. The van der Waals surface area contributed by atoms with Crippen LogP contribution in [0.5, 0.6) is 5.75 Å². The Morgan fingerprint density at radius 2 is 1.83 bits per heavy atom. The predicted octanol–water partition coefficient (Wildman–Crippen LogP) is -0.662. The molecule has 0 bridgehead atoms. The number of para-hydroxylation sites is 1. The molecule has 0 aromatic heterocycles. The van der Waals surface area contributed by atoms with Crippen LogP contribution in [0, 0.1) is 5.92 Å². The van der Waals surface area contributed by atoms with Crippen LogP contribution in [0.3, 0.4) is 0 Å². The van der Waals surface area contributed by atoms with Crippen molar-refractivity contribution in [2.45, 2.75) is 33.7 Å². The van der Waals surface area contributed by atoms with Crippen LogP contribution >= 0.6 is 0 Å². The molecule has 152 valence electrons. The fourth-order valence-electron chi connectivity index (χ4n) is 2.63. The van der Waals surface area contributed by atoms with E-state index in [-0.39, 0.29) is 71.7 Å². The second-order valence-electron chi connectivity index (χ2n) is 7.24. The summed E-state index contributed by atoms with van der Waals surface area (Å²) in [6, 6.07) is 4.47. The predicted molar refractivity (Wildman–Crippen MR) is 106 cm³/mol. The maximum absolute atomic E-state index is 12.7. The van der Waals surface area contributed by atoms with Crippen molar-refractivity contribution in [3.8, 4) is 5.75 Å². The summed E-state index contributed by atoms with van der Waals surface area (Å²) in [6.45, 7) is 7.82. The van der Waals surface area contributed by atoms with E-state index in [9.17, 15) is 19.5 Å². The quantitative estimate of drug-likeness (QED) is 0.472. The summed E-state index contributed by atoms with van der Waals surface area (Å²) in [7, 11) is 3.14. The van der Waals surface area contributed by atoms with E-state index in [1.54, 1.807) is 27.1 Å². The van der Waals surface area contributed by atoms with Crippen LogP contribution in [-0.4, -0.2) is 59.3 Å². The van der Waals surface area contributed by atoms with Crippen LogP contribution < -0.4 is 24.2 Å². The van der Waals surface area contributed by atoms with Crippen molar-refractivity contribution < 1.29 is 38.4 Å². The molecular weight excluding hydrogens is 367 g/mol. The first-order valence-electron chi connectivity index (χ1n) is 9.22. The van der Waals surface area contributed by atoms with Crippen molar-refractivity contribution in [2.24, 2.45) is 5.92 Å². The minimum atomic E-state index is -0.533. The topological polar surface area (TPSA) is 104 Å². The zero-order chi connectivity index (χ0) is 21.2. The van der Waals surface area contributed by atoms with Crippen molar-refractivity contribution in [1.82, 2.24) is 15.1 Å². The minimum Gasteiger partial charge on any atom is -0.649 e. The van der Waals surface area contributed by atoms with Crippen molar-refractivity contribution in [2.75, 3.05) is 20.6 Å². The molecule has 8 nitrogen and oxygen atoms in total. The molecule has 2 rings (SSSR count). The van der Waals surface area contributed by atoms with Crippen molar-refractivity contribution >= 4 is 23.4 Å². The van der Waals surface area contributed by atoms with Crippen LogP contribution in [0.2, 0.25) is 0 Å². The van der Waals surface area contributed by atoms with Crippen LogP contribution in [0.25, 0.3) is 5.32 Å². The summed E-state index contributed by atoms with van der Waals surface area (Å²) in [6.07, 6.45) is 0. The molecule has 0 saturated carbocycles. The van der Waals surface area contributed by atoms with Gasteiger partial charge < -0.3 is 20.6 Å². The number of nitrogens with zero attached hydrogens (tertiary/aromatic N) is 3. The second kappa shape index (κ2) is 9.86. The number of carbonyl (C=O) groups excluding carboxylic acids is 3. The molecular formula is C20H27LiN4O4. The van der Waals surface area contributed by atoms with Gasteiger partial charge in [-0.1, -0.05) is 31.7 Å².